The first-order valence-corrected chi connectivity index (χ1v) is 3.63. The van der Waals surface area contributed by atoms with Gasteiger partial charge in [-0.1, -0.05) is 0 Å². The average molecular weight is 168 g/mol. The van der Waals surface area contributed by atoms with Crippen molar-refractivity contribution < 1.29 is 9.18 Å². The largest absolute Gasteiger partial charge is 0.352 e. The molecular weight excluding hydrogens is 159 g/mol. The summed E-state index contributed by atoms with van der Waals surface area (Å²) in [6, 6.07) is 1.35. The molecule has 1 rings (SSSR count). The number of hydrogen-bond donors (Lipinski definition) is 1. The highest BCUT2D eigenvalue weighted by Gasteiger charge is 2.08. The van der Waals surface area contributed by atoms with Crippen LogP contribution >= 0.6 is 0 Å². The van der Waals surface area contributed by atoms with Gasteiger partial charge in [-0.15, -0.1) is 0 Å². The van der Waals surface area contributed by atoms with Gasteiger partial charge in [0.2, 0.25) is 0 Å². The van der Waals surface area contributed by atoms with E-state index in [1.165, 1.54) is 12.3 Å². The highest BCUT2D eigenvalue weighted by atomic mass is 19.1. The Morgan fingerprint density at radius 3 is 3.08 bits per heavy atom. The highest BCUT2D eigenvalue weighted by molar-refractivity contribution is 5.94. The van der Waals surface area contributed by atoms with E-state index in [9.17, 15) is 9.18 Å². The summed E-state index contributed by atoms with van der Waals surface area (Å²) < 4.78 is 12.8. The lowest BCUT2D eigenvalue weighted by Gasteiger charge is -2.01. The van der Waals surface area contributed by atoms with Crippen LogP contribution in [0.3, 0.4) is 0 Å². The Kier molecular flexibility index (Phi) is 2.74. The van der Waals surface area contributed by atoms with Gasteiger partial charge in [0.1, 0.15) is 0 Å². The van der Waals surface area contributed by atoms with Gasteiger partial charge in [0.05, 0.1) is 11.8 Å². The Morgan fingerprint density at radius 1 is 1.75 bits per heavy atom. The fourth-order valence-corrected chi connectivity index (χ4v) is 0.815. The van der Waals surface area contributed by atoms with Gasteiger partial charge in [-0.3, -0.25) is 9.78 Å². The molecule has 64 valence electrons. The first-order chi connectivity index (χ1) is 5.75. The summed E-state index contributed by atoms with van der Waals surface area (Å²) in [6.07, 6.45) is 2.40. The summed E-state index contributed by atoms with van der Waals surface area (Å²) >= 11 is 0. The number of amides is 1. The zero-order chi connectivity index (χ0) is 8.97. The predicted octanol–water partition coefficient (Wildman–Crippen LogP) is 0.970. The molecule has 0 fully saturated rings. The number of nitrogens with zero attached hydrogens (tertiary/aromatic N) is 1. The maximum Gasteiger partial charge on any atom is 0.254 e. The minimum atomic E-state index is -0.594. The van der Waals surface area contributed by atoms with Crippen LogP contribution in [0.2, 0.25) is 0 Å². The van der Waals surface area contributed by atoms with Crippen molar-refractivity contribution in [3.63, 3.8) is 0 Å². The first-order valence-electron chi connectivity index (χ1n) is 3.63. The lowest BCUT2D eigenvalue weighted by molar-refractivity contribution is 0.0951. The second-order valence-electron chi connectivity index (χ2n) is 2.21. The molecule has 0 radical (unpaired) electrons. The fourth-order valence-electron chi connectivity index (χ4n) is 0.815. The molecule has 1 heterocycles. The number of pyridine rings is 1. The summed E-state index contributed by atoms with van der Waals surface area (Å²) in [7, 11) is 0. The Hall–Kier alpha value is -1.45. The minimum absolute atomic E-state index is 0.0341. The van der Waals surface area contributed by atoms with Gasteiger partial charge in [-0.05, 0) is 13.0 Å². The second kappa shape index (κ2) is 3.80. The summed E-state index contributed by atoms with van der Waals surface area (Å²) in [5.41, 5.74) is 0.0341. The molecule has 0 aromatic carbocycles. The van der Waals surface area contributed by atoms with Crippen molar-refractivity contribution >= 4 is 5.91 Å². The number of carbonyl (C=O) groups is 1. The third-order valence-electron chi connectivity index (χ3n) is 1.35. The van der Waals surface area contributed by atoms with Crippen molar-refractivity contribution in [3.8, 4) is 0 Å². The normalized spacial score (nSPS) is 9.50. The van der Waals surface area contributed by atoms with Crippen molar-refractivity contribution in [2.45, 2.75) is 6.92 Å². The number of aromatic nitrogens is 1. The third kappa shape index (κ3) is 1.78. The van der Waals surface area contributed by atoms with Crippen molar-refractivity contribution in [2.24, 2.45) is 0 Å². The molecule has 1 N–H and O–H groups in total. The van der Waals surface area contributed by atoms with E-state index in [4.69, 9.17) is 0 Å². The molecule has 0 bridgehead atoms. The minimum Gasteiger partial charge on any atom is -0.352 e. The molecule has 0 saturated heterocycles. The van der Waals surface area contributed by atoms with Crippen LogP contribution in [0, 0.1) is 5.82 Å². The topological polar surface area (TPSA) is 42.0 Å². The molecule has 4 heteroatoms. The average Bonchev–Trinajstić information content (AvgIpc) is 2.05. The van der Waals surface area contributed by atoms with Crippen LogP contribution in [0.15, 0.2) is 18.5 Å². The summed E-state index contributed by atoms with van der Waals surface area (Å²) in [4.78, 5) is 14.6. The standard InChI is InChI=1S/C8H9FN2O/c1-2-11-8(12)6-3-4-10-5-7(6)9/h3-5H,2H2,1H3,(H,11,12). The molecule has 1 aromatic rings. The summed E-state index contributed by atoms with van der Waals surface area (Å²) in [6.45, 7) is 2.26. The number of hydrogen-bond acceptors (Lipinski definition) is 2. The third-order valence-corrected chi connectivity index (χ3v) is 1.35. The Balaban J connectivity index is 2.87. The fraction of sp³-hybridized carbons (Fsp3) is 0.250. The van der Waals surface area contributed by atoms with E-state index in [0.29, 0.717) is 6.54 Å². The van der Waals surface area contributed by atoms with Gasteiger partial charge in [-0.25, -0.2) is 4.39 Å². The Labute approximate surface area is 69.6 Å². The Morgan fingerprint density at radius 2 is 2.50 bits per heavy atom. The van der Waals surface area contributed by atoms with E-state index in [1.807, 2.05) is 0 Å². The van der Waals surface area contributed by atoms with Gasteiger partial charge in [0.25, 0.3) is 5.91 Å². The van der Waals surface area contributed by atoms with Crippen LogP contribution in [-0.4, -0.2) is 17.4 Å². The van der Waals surface area contributed by atoms with Crippen molar-refractivity contribution in [3.05, 3.63) is 29.8 Å². The van der Waals surface area contributed by atoms with Crippen molar-refractivity contribution in [2.75, 3.05) is 6.54 Å². The highest BCUT2D eigenvalue weighted by Crippen LogP contribution is 2.03. The van der Waals surface area contributed by atoms with E-state index in [2.05, 4.69) is 10.3 Å². The van der Waals surface area contributed by atoms with Crippen LogP contribution in [-0.2, 0) is 0 Å². The van der Waals surface area contributed by atoms with E-state index < -0.39 is 11.7 Å². The van der Waals surface area contributed by atoms with E-state index in [0.717, 1.165) is 6.20 Å². The smallest absolute Gasteiger partial charge is 0.254 e. The van der Waals surface area contributed by atoms with Crippen LogP contribution in [0.1, 0.15) is 17.3 Å². The van der Waals surface area contributed by atoms with Crippen LogP contribution in [0.25, 0.3) is 0 Å². The lowest BCUT2D eigenvalue weighted by atomic mass is 10.2. The molecule has 0 aliphatic carbocycles. The molecule has 0 unspecified atom stereocenters. The molecule has 0 spiro atoms. The van der Waals surface area contributed by atoms with E-state index in [1.54, 1.807) is 6.92 Å². The predicted molar refractivity (Wildman–Crippen MR) is 42.2 cm³/mol. The SMILES string of the molecule is CCNC(=O)c1ccncc1F. The van der Waals surface area contributed by atoms with Gasteiger partial charge < -0.3 is 5.32 Å². The van der Waals surface area contributed by atoms with E-state index in [-0.39, 0.29) is 5.56 Å². The quantitative estimate of drug-likeness (QED) is 0.714. The van der Waals surface area contributed by atoms with Crippen LogP contribution < -0.4 is 5.32 Å². The molecule has 3 nitrogen and oxygen atoms in total. The number of nitrogens with one attached hydrogen (secondary N) is 1. The van der Waals surface area contributed by atoms with Gasteiger partial charge in [0.15, 0.2) is 5.82 Å². The molecule has 1 amide bonds. The summed E-state index contributed by atoms with van der Waals surface area (Å²) in [5.74, 6) is -0.999. The molecule has 0 atom stereocenters. The molecule has 0 saturated carbocycles. The van der Waals surface area contributed by atoms with Gasteiger partial charge in [-0.2, -0.15) is 0 Å². The van der Waals surface area contributed by atoms with Gasteiger partial charge >= 0.3 is 0 Å². The second-order valence-corrected chi connectivity index (χ2v) is 2.21. The monoisotopic (exact) mass is 168 g/mol. The Bertz CT molecular complexity index is 288. The number of rotatable bonds is 2. The number of carbonyl (C=O) groups excluding carboxylic acids is 1. The van der Waals surface area contributed by atoms with Crippen molar-refractivity contribution in [1.82, 2.24) is 10.3 Å². The first kappa shape index (κ1) is 8.64. The molecule has 1 aromatic heterocycles. The van der Waals surface area contributed by atoms with Crippen molar-refractivity contribution in [1.29, 1.82) is 0 Å². The molecule has 12 heavy (non-hydrogen) atoms. The van der Waals surface area contributed by atoms with E-state index >= 15 is 0 Å². The molecule has 0 aliphatic heterocycles. The van der Waals surface area contributed by atoms with Gasteiger partial charge in [0, 0.05) is 12.7 Å². The van der Waals surface area contributed by atoms with Crippen LogP contribution in [0.5, 0.6) is 0 Å². The maximum absolute atomic E-state index is 12.8. The number of halogens is 1. The lowest BCUT2D eigenvalue weighted by Crippen LogP contribution is -2.23. The molecule has 0 aliphatic rings. The molecular formula is C8H9FN2O. The maximum atomic E-state index is 12.8. The summed E-state index contributed by atoms with van der Waals surface area (Å²) in [5, 5.41) is 2.50. The van der Waals surface area contributed by atoms with Crippen LogP contribution in [0.4, 0.5) is 4.39 Å². The zero-order valence-electron chi connectivity index (χ0n) is 6.67. The zero-order valence-corrected chi connectivity index (χ0v) is 6.67.